The van der Waals surface area contributed by atoms with E-state index in [1.54, 1.807) is 24.3 Å². The summed E-state index contributed by atoms with van der Waals surface area (Å²) in [4.78, 5) is 24.6. The van der Waals surface area contributed by atoms with E-state index in [0.29, 0.717) is 23.0 Å². The molecule has 0 heterocycles. The van der Waals surface area contributed by atoms with Gasteiger partial charge in [0.15, 0.2) is 0 Å². The third-order valence-corrected chi connectivity index (χ3v) is 6.68. The summed E-state index contributed by atoms with van der Waals surface area (Å²) >= 11 is 12.5. The van der Waals surface area contributed by atoms with E-state index in [1.807, 2.05) is 24.3 Å². The molecule has 36 heavy (non-hydrogen) atoms. The summed E-state index contributed by atoms with van der Waals surface area (Å²) in [5.41, 5.74) is 3.30. The SMILES string of the molecule is CC(C)CCC(Cl)COC(=O)c1ccc(CCc2ccc(C(=O)OCC(Cl)CCC(C)C)cc2)cc1. The molecule has 0 N–H and O–H groups in total. The molecule has 2 rings (SSSR count). The lowest BCUT2D eigenvalue weighted by Crippen LogP contribution is -2.15. The second-order valence-corrected chi connectivity index (χ2v) is 11.5. The van der Waals surface area contributed by atoms with Crippen molar-refractivity contribution < 1.29 is 19.1 Å². The van der Waals surface area contributed by atoms with Crippen LogP contribution in [0.3, 0.4) is 0 Å². The van der Waals surface area contributed by atoms with Crippen molar-refractivity contribution in [1.82, 2.24) is 0 Å². The summed E-state index contributed by atoms with van der Waals surface area (Å²) in [5, 5.41) is -0.313. The van der Waals surface area contributed by atoms with Gasteiger partial charge in [-0.1, -0.05) is 52.0 Å². The molecular weight excluding hydrogens is 495 g/mol. The van der Waals surface area contributed by atoms with Gasteiger partial charge in [0.05, 0.1) is 21.9 Å². The maximum absolute atomic E-state index is 12.3. The average molecular weight is 536 g/mol. The van der Waals surface area contributed by atoms with Crippen molar-refractivity contribution in [2.45, 2.75) is 77.0 Å². The van der Waals surface area contributed by atoms with E-state index in [0.717, 1.165) is 49.7 Å². The quantitative estimate of drug-likeness (QED) is 0.172. The molecule has 198 valence electrons. The van der Waals surface area contributed by atoms with E-state index < -0.39 is 0 Å². The van der Waals surface area contributed by atoms with Crippen LogP contribution in [-0.4, -0.2) is 35.9 Å². The molecule has 0 bridgehead atoms. The molecule has 2 atom stereocenters. The Bertz CT molecular complexity index is 845. The predicted octanol–water partition coefficient (Wildman–Crippen LogP) is 7.87. The first-order chi connectivity index (χ1) is 17.1. The van der Waals surface area contributed by atoms with Gasteiger partial charge in [-0.15, -0.1) is 23.2 Å². The van der Waals surface area contributed by atoms with Crippen molar-refractivity contribution >= 4 is 35.1 Å². The van der Waals surface area contributed by atoms with Crippen molar-refractivity contribution in [2.75, 3.05) is 13.2 Å². The summed E-state index contributed by atoms with van der Waals surface area (Å²) in [7, 11) is 0. The molecule has 0 aliphatic heterocycles. The van der Waals surface area contributed by atoms with Crippen LogP contribution in [0.15, 0.2) is 48.5 Å². The van der Waals surface area contributed by atoms with Gasteiger partial charge in [-0.2, -0.15) is 0 Å². The maximum Gasteiger partial charge on any atom is 0.338 e. The van der Waals surface area contributed by atoms with E-state index in [2.05, 4.69) is 27.7 Å². The van der Waals surface area contributed by atoms with E-state index >= 15 is 0 Å². The number of carbonyl (C=O) groups is 2. The summed E-state index contributed by atoms with van der Waals surface area (Å²) in [5.74, 6) is 0.467. The molecule has 0 fully saturated rings. The molecule has 0 spiro atoms. The fourth-order valence-electron chi connectivity index (χ4n) is 3.60. The Balaban J connectivity index is 1.75. The number of rotatable bonds is 15. The smallest absolute Gasteiger partial charge is 0.338 e. The van der Waals surface area contributed by atoms with Gasteiger partial charge in [0.1, 0.15) is 13.2 Å². The first kappa shape index (κ1) is 30.2. The lowest BCUT2D eigenvalue weighted by Gasteiger charge is -2.12. The average Bonchev–Trinajstić information content (AvgIpc) is 2.87. The molecule has 0 aliphatic rings. The molecule has 6 heteroatoms. The van der Waals surface area contributed by atoms with Crippen LogP contribution >= 0.6 is 23.2 Å². The van der Waals surface area contributed by atoms with Gasteiger partial charge >= 0.3 is 11.9 Å². The lowest BCUT2D eigenvalue weighted by molar-refractivity contribution is 0.0492. The van der Waals surface area contributed by atoms with Gasteiger partial charge in [0.25, 0.3) is 0 Å². The first-order valence-electron chi connectivity index (χ1n) is 12.9. The molecule has 2 aromatic rings. The Labute approximate surface area is 226 Å². The monoisotopic (exact) mass is 534 g/mol. The molecule has 4 nitrogen and oxygen atoms in total. The predicted molar refractivity (Wildman–Crippen MR) is 148 cm³/mol. The number of halogens is 2. The fourth-order valence-corrected chi connectivity index (χ4v) is 3.98. The largest absolute Gasteiger partial charge is 0.461 e. The van der Waals surface area contributed by atoms with E-state index in [1.165, 1.54) is 0 Å². The van der Waals surface area contributed by atoms with Crippen molar-refractivity contribution in [2.24, 2.45) is 11.8 Å². The topological polar surface area (TPSA) is 52.6 Å². The number of alkyl halides is 2. The molecule has 2 unspecified atom stereocenters. The van der Waals surface area contributed by atoms with Crippen molar-refractivity contribution in [1.29, 1.82) is 0 Å². The highest BCUT2D eigenvalue weighted by Gasteiger charge is 2.13. The number of ether oxygens (including phenoxy) is 2. The zero-order valence-electron chi connectivity index (χ0n) is 22.0. The first-order valence-corrected chi connectivity index (χ1v) is 13.8. The Morgan fingerprint density at radius 1 is 0.611 bits per heavy atom. The fraction of sp³-hybridized carbons (Fsp3) is 0.533. The molecule has 0 aromatic heterocycles. The highest BCUT2D eigenvalue weighted by molar-refractivity contribution is 6.21. The third kappa shape index (κ3) is 11.8. The summed E-state index contributed by atoms with van der Waals surface area (Å²) in [6.07, 6.45) is 5.34. The normalized spacial score (nSPS) is 13.0. The minimum Gasteiger partial charge on any atom is -0.461 e. The standard InChI is InChI=1S/C30H40Cl2O4/c1-21(2)5-17-27(31)19-35-29(33)25-13-9-23(10-14-25)7-8-24-11-15-26(16-12-24)30(34)36-20-28(32)18-6-22(3)4/h9-16,21-22,27-28H,5-8,17-20H2,1-4H3. The Morgan fingerprint density at radius 2 is 0.944 bits per heavy atom. The van der Waals surface area contributed by atoms with Crippen LogP contribution in [0.5, 0.6) is 0 Å². The Kier molecular flexibility index (Phi) is 13.4. The van der Waals surface area contributed by atoms with Crippen LogP contribution in [0.25, 0.3) is 0 Å². The molecule has 0 saturated carbocycles. The molecule has 2 aromatic carbocycles. The Hall–Kier alpha value is -2.04. The minimum absolute atomic E-state index is 0.157. The molecule has 0 saturated heterocycles. The van der Waals surface area contributed by atoms with Crippen LogP contribution in [0.1, 0.15) is 85.2 Å². The van der Waals surface area contributed by atoms with Gasteiger partial charge in [-0.05, 0) is 85.8 Å². The number of esters is 2. The zero-order valence-corrected chi connectivity index (χ0v) is 23.5. The molecule has 0 amide bonds. The second-order valence-electron chi connectivity index (χ2n) is 10.2. The van der Waals surface area contributed by atoms with Gasteiger partial charge in [-0.3, -0.25) is 0 Å². The highest BCUT2D eigenvalue weighted by atomic mass is 35.5. The van der Waals surface area contributed by atoms with Crippen LogP contribution in [0.4, 0.5) is 0 Å². The molecule has 0 aliphatic carbocycles. The number of hydrogen-bond donors (Lipinski definition) is 0. The van der Waals surface area contributed by atoms with Crippen LogP contribution in [0, 0.1) is 11.8 Å². The number of carbonyl (C=O) groups excluding carboxylic acids is 2. The second kappa shape index (κ2) is 15.9. The highest BCUT2D eigenvalue weighted by Crippen LogP contribution is 2.16. The van der Waals surface area contributed by atoms with Crippen molar-refractivity contribution in [3.05, 3.63) is 70.8 Å². The van der Waals surface area contributed by atoms with Gasteiger partial charge < -0.3 is 9.47 Å². The van der Waals surface area contributed by atoms with E-state index in [4.69, 9.17) is 32.7 Å². The number of aryl methyl sites for hydroxylation is 2. The van der Waals surface area contributed by atoms with E-state index in [-0.39, 0.29) is 35.9 Å². The van der Waals surface area contributed by atoms with Crippen LogP contribution in [0.2, 0.25) is 0 Å². The molecule has 0 radical (unpaired) electrons. The summed E-state index contributed by atoms with van der Waals surface area (Å²) in [6, 6.07) is 14.9. The van der Waals surface area contributed by atoms with E-state index in [9.17, 15) is 9.59 Å². The van der Waals surface area contributed by atoms with Gasteiger partial charge in [0, 0.05) is 0 Å². The summed E-state index contributed by atoms with van der Waals surface area (Å²) < 4.78 is 10.7. The number of hydrogen-bond acceptors (Lipinski definition) is 4. The minimum atomic E-state index is -0.348. The Morgan fingerprint density at radius 3 is 1.25 bits per heavy atom. The van der Waals surface area contributed by atoms with Crippen LogP contribution < -0.4 is 0 Å². The maximum atomic E-state index is 12.3. The van der Waals surface area contributed by atoms with Gasteiger partial charge in [0.2, 0.25) is 0 Å². The van der Waals surface area contributed by atoms with Crippen LogP contribution in [-0.2, 0) is 22.3 Å². The third-order valence-electron chi connectivity index (χ3n) is 5.99. The zero-order chi connectivity index (χ0) is 26.5. The molecular formula is C30H40Cl2O4. The van der Waals surface area contributed by atoms with Crippen molar-refractivity contribution in [3.63, 3.8) is 0 Å². The van der Waals surface area contributed by atoms with Crippen molar-refractivity contribution in [3.8, 4) is 0 Å². The summed E-state index contributed by atoms with van der Waals surface area (Å²) in [6.45, 7) is 9.05. The number of benzene rings is 2. The van der Waals surface area contributed by atoms with Gasteiger partial charge in [-0.25, -0.2) is 9.59 Å². The lowest BCUT2D eigenvalue weighted by atomic mass is 10.0.